The number of rotatable bonds is 3. The van der Waals surface area contributed by atoms with E-state index in [1.54, 1.807) is 42.5 Å². The van der Waals surface area contributed by atoms with Crippen LogP contribution in [0.1, 0.15) is 0 Å². The number of benzene rings is 2. The second-order valence-electron chi connectivity index (χ2n) is 5.95. The zero-order valence-electron chi connectivity index (χ0n) is 14.7. The Kier molecular flexibility index (Phi) is 5.28. The SMILES string of the molecule is O=C1/C=C/C(=O)ON2CC(N=C2Nc2ccccc2Oc2ccc(Cl)c(Cl)c2)O1. The van der Waals surface area contributed by atoms with Crippen molar-refractivity contribution in [3.05, 3.63) is 64.7 Å². The molecule has 0 saturated heterocycles. The van der Waals surface area contributed by atoms with E-state index in [1.807, 2.05) is 0 Å². The lowest BCUT2D eigenvalue weighted by molar-refractivity contribution is -0.167. The van der Waals surface area contributed by atoms with Gasteiger partial charge in [0.1, 0.15) is 12.3 Å². The summed E-state index contributed by atoms with van der Waals surface area (Å²) in [6.07, 6.45) is 1.17. The van der Waals surface area contributed by atoms with E-state index in [0.29, 0.717) is 27.2 Å². The molecule has 1 unspecified atom stereocenters. The summed E-state index contributed by atoms with van der Waals surface area (Å²) in [4.78, 5) is 32.9. The van der Waals surface area contributed by atoms with Crippen LogP contribution in [0.5, 0.6) is 11.5 Å². The minimum Gasteiger partial charge on any atom is -0.455 e. The molecule has 0 saturated carbocycles. The maximum absolute atomic E-state index is 11.8. The summed E-state index contributed by atoms with van der Waals surface area (Å²) < 4.78 is 11.0. The second kappa shape index (κ2) is 8.02. The number of halogens is 2. The van der Waals surface area contributed by atoms with Crippen LogP contribution in [0.4, 0.5) is 5.69 Å². The second-order valence-corrected chi connectivity index (χ2v) is 6.76. The van der Waals surface area contributed by atoms with Gasteiger partial charge >= 0.3 is 11.9 Å². The lowest BCUT2D eigenvalue weighted by Gasteiger charge is -2.20. The smallest absolute Gasteiger partial charge is 0.356 e. The minimum atomic E-state index is -0.816. The number of carbonyl (C=O) groups is 2. The number of hydroxylamine groups is 2. The first-order chi connectivity index (χ1) is 14.0. The fourth-order valence-electron chi connectivity index (χ4n) is 2.60. The van der Waals surface area contributed by atoms with Gasteiger partial charge in [0.15, 0.2) is 5.75 Å². The largest absolute Gasteiger partial charge is 0.455 e. The zero-order chi connectivity index (χ0) is 20.4. The molecule has 0 aromatic heterocycles. The average Bonchev–Trinajstić information content (AvgIpc) is 3.07. The summed E-state index contributed by atoms with van der Waals surface area (Å²) in [6, 6.07) is 12.0. The summed E-state index contributed by atoms with van der Waals surface area (Å²) in [5.74, 6) is -0.262. The molecule has 2 aliphatic heterocycles. The molecule has 0 amide bonds. The van der Waals surface area contributed by atoms with Gasteiger partial charge in [-0.05, 0) is 24.3 Å². The van der Waals surface area contributed by atoms with Gasteiger partial charge < -0.3 is 19.6 Å². The molecule has 2 heterocycles. The Hall–Kier alpha value is -3.23. The number of aliphatic imine (C=N–C) groups is 1. The van der Waals surface area contributed by atoms with Crippen molar-refractivity contribution in [2.45, 2.75) is 6.23 Å². The predicted molar refractivity (Wildman–Crippen MR) is 106 cm³/mol. The van der Waals surface area contributed by atoms with Crippen LogP contribution in [-0.2, 0) is 19.2 Å². The number of carbonyl (C=O) groups excluding carboxylic acids is 2. The molecule has 2 aromatic rings. The first-order valence-corrected chi connectivity index (χ1v) is 9.18. The molecule has 2 bridgehead atoms. The molecule has 1 atom stereocenters. The van der Waals surface area contributed by atoms with E-state index in [9.17, 15) is 9.59 Å². The van der Waals surface area contributed by atoms with Crippen molar-refractivity contribution >= 4 is 46.8 Å². The molecule has 148 valence electrons. The third-order valence-electron chi connectivity index (χ3n) is 3.88. The maximum atomic E-state index is 11.8. The molecular formula is C19H13Cl2N3O5. The van der Waals surface area contributed by atoms with Crippen molar-refractivity contribution < 1.29 is 23.9 Å². The van der Waals surface area contributed by atoms with Gasteiger partial charge in [0.2, 0.25) is 12.2 Å². The van der Waals surface area contributed by atoms with Crippen molar-refractivity contribution in [2.24, 2.45) is 4.99 Å². The number of hydrogen-bond donors (Lipinski definition) is 1. The van der Waals surface area contributed by atoms with Gasteiger partial charge in [-0.1, -0.05) is 35.3 Å². The minimum absolute atomic E-state index is 0.0668. The van der Waals surface area contributed by atoms with Crippen LogP contribution in [-0.4, -0.2) is 35.7 Å². The molecule has 8 nitrogen and oxygen atoms in total. The van der Waals surface area contributed by atoms with E-state index >= 15 is 0 Å². The Labute approximate surface area is 175 Å². The van der Waals surface area contributed by atoms with Crippen molar-refractivity contribution in [2.75, 3.05) is 11.9 Å². The molecule has 0 spiro atoms. The van der Waals surface area contributed by atoms with Gasteiger partial charge in [-0.15, -0.1) is 0 Å². The highest BCUT2D eigenvalue weighted by molar-refractivity contribution is 6.42. The molecule has 29 heavy (non-hydrogen) atoms. The molecular weight excluding hydrogens is 421 g/mol. The fourth-order valence-corrected chi connectivity index (χ4v) is 2.89. The Morgan fingerprint density at radius 3 is 2.69 bits per heavy atom. The number of guanidine groups is 1. The van der Waals surface area contributed by atoms with Crippen LogP contribution in [0.25, 0.3) is 0 Å². The highest BCUT2D eigenvalue weighted by atomic mass is 35.5. The van der Waals surface area contributed by atoms with Crippen molar-refractivity contribution in [3.63, 3.8) is 0 Å². The van der Waals surface area contributed by atoms with Crippen LogP contribution in [0.3, 0.4) is 0 Å². The Balaban J connectivity index is 1.57. The monoisotopic (exact) mass is 433 g/mol. The number of nitrogens with one attached hydrogen (secondary N) is 1. The zero-order valence-corrected chi connectivity index (χ0v) is 16.2. The molecule has 10 heteroatoms. The van der Waals surface area contributed by atoms with E-state index in [4.69, 9.17) is 37.5 Å². The van der Waals surface area contributed by atoms with Gasteiger partial charge in [0, 0.05) is 18.2 Å². The van der Waals surface area contributed by atoms with E-state index in [2.05, 4.69) is 10.3 Å². The predicted octanol–water partition coefficient (Wildman–Crippen LogP) is 3.77. The molecule has 2 aliphatic rings. The van der Waals surface area contributed by atoms with Crippen LogP contribution >= 0.6 is 23.2 Å². The number of anilines is 1. The van der Waals surface area contributed by atoms with E-state index in [1.165, 1.54) is 5.06 Å². The lowest BCUT2D eigenvalue weighted by Crippen LogP contribution is -2.35. The third-order valence-corrected chi connectivity index (χ3v) is 4.62. The Bertz CT molecular complexity index is 1040. The fraction of sp³-hybridized carbons (Fsp3) is 0.105. The quantitative estimate of drug-likeness (QED) is 0.736. The van der Waals surface area contributed by atoms with E-state index < -0.39 is 18.2 Å². The number of esters is 1. The van der Waals surface area contributed by atoms with E-state index in [-0.39, 0.29) is 12.5 Å². The summed E-state index contributed by atoms with van der Waals surface area (Å²) in [5, 5.41) is 5.03. The first kappa shape index (κ1) is 19.1. The molecule has 1 N–H and O–H groups in total. The topological polar surface area (TPSA) is 89.5 Å². The summed E-state index contributed by atoms with van der Waals surface area (Å²) in [6.45, 7) is 0.0668. The molecule has 0 aliphatic carbocycles. The highest BCUT2D eigenvalue weighted by Gasteiger charge is 2.32. The third kappa shape index (κ3) is 4.44. The summed E-state index contributed by atoms with van der Waals surface area (Å²) in [7, 11) is 0. The van der Waals surface area contributed by atoms with Gasteiger partial charge in [-0.2, -0.15) is 5.06 Å². The maximum Gasteiger partial charge on any atom is 0.356 e. The molecule has 2 aromatic carbocycles. The van der Waals surface area contributed by atoms with E-state index in [0.717, 1.165) is 12.2 Å². The lowest BCUT2D eigenvalue weighted by atomic mass is 10.3. The summed E-state index contributed by atoms with van der Waals surface area (Å²) in [5.41, 5.74) is 0.540. The van der Waals surface area contributed by atoms with Crippen molar-refractivity contribution in [1.29, 1.82) is 0 Å². The average molecular weight is 434 g/mol. The van der Waals surface area contributed by atoms with Gasteiger partial charge in [-0.3, -0.25) is 0 Å². The van der Waals surface area contributed by atoms with Gasteiger partial charge in [0.05, 0.1) is 15.7 Å². The summed E-state index contributed by atoms with van der Waals surface area (Å²) >= 11 is 12.0. The normalized spacial score (nSPS) is 19.3. The van der Waals surface area contributed by atoms with Gasteiger partial charge in [0.25, 0.3) is 0 Å². The molecule has 0 fully saturated rings. The standard InChI is InChI=1S/C19H13Cl2N3O5/c20-12-6-5-11(9-13(12)21)27-15-4-2-1-3-14(15)22-19-23-16-10-24(19)29-18(26)8-7-17(25)28-16/h1-9,16H,10H2,(H,22,23)/b8-7+. The number of hydrogen-bond acceptors (Lipinski definition) is 8. The van der Waals surface area contributed by atoms with Gasteiger partial charge in [-0.25, -0.2) is 14.6 Å². The Morgan fingerprint density at radius 1 is 1.07 bits per heavy atom. The van der Waals surface area contributed by atoms with Crippen LogP contribution < -0.4 is 10.1 Å². The van der Waals surface area contributed by atoms with Crippen molar-refractivity contribution in [1.82, 2.24) is 5.06 Å². The number of para-hydroxylation sites is 2. The van der Waals surface area contributed by atoms with Crippen LogP contribution in [0.2, 0.25) is 10.0 Å². The van der Waals surface area contributed by atoms with Crippen LogP contribution in [0, 0.1) is 0 Å². The molecule has 0 radical (unpaired) electrons. The number of fused-ring (bicyclic) bond motifs is 2. The number of nitrogens with zero attached hydrogens (tertiary/aromatic N) is 2. The first-order valence-electron chi connectivity index (χ1n) is 8.43. The highest BCUT2D eigenvalue weighted by Crippen LogP contribution is 2.33. The Morgan fingerprint density at radius 2 is 1.86 bits per heavy atom. The number of ether oxygens (including phenoxy) is 2. The molecule has 4 rings (SSSR count). The van der Waals surface area contributed by atoms with Crippen molar-refractivity contribution in [3.8, 4) is 11.5 Å². The van der Waals surface area contributed by atoms with Crippen LogP contribution in [0.15, 0.2) is 59.6 Å².